The molecule has 0 N–H and O–H groups in total. The van der Waals surface area contributed by atoms with Crippen molar-refractivity contribution in [2.75, 3.05) is 6.61 Å². The molecule has 0 saturated heterocycles. The molecular formula is C7H10F3NO. The lowest BCUT2D eigenvalue weighted by molar-refractivity contribution is -0.121. The Morgan fingerprint density at radius 1 is 1.58 bits per heavy atom. The first-order chi connectivity index (χ1) is 5.49. The number of hydrogen-bond donors (Lipinski definition) is 0. The molecule has 0 spiro atoms. The zero-order valence-corrected chi connectivity index (χ0v) is 6.69. The molecule has 0 heterocycles. The van der Waals surface area contributed by atoms with Gasteiger partial charge in [-0.1, -0.05) is 11.7 Å². The van der Waals surface area contributed by atoms with Gasteiger partial charge in [0, 0.05) is 0 Å². The summed E-state index contributed by atoms with van der Waals surface area (Å²) in [4.78, 5) is 4.45. The standard InChI is InChI=1S/C7H10F3NO/c1-3-6(11-12-4-2)5-7(8,9)10/h3H,1,4-5H2,2H3/b11-6-. The maximum absolute atomic E-state index is 11.7. The Morgan fingerprint density at radius 3 is 2.50 bits per heavy atom. The van der Waals surface area contributed by atoms with Crippen molar-refractivity contribution >= 4 is 5.71 Å². The van der Waals surface area contributed by atoms with Crippen LogP contribution in [0.2, 0.25) is 0 Å². The molecule has 0 aromatic carbocycles. The minimum absolute atomic E-state index is 0.204. The van der Waals surface area contributed by atoms with E-state index in [0.29, 0.717) is 0 Å². The molecule has 0 unspecified atom stereocenters. The summed E-state index contributed by atoms with van der Waals surface area (Å²) in [6.07, 6.45) is -4.33. The average molecular weight is 181 g/mol. The number of alkyl halides is 3. The second-order valence-electron chi connectivity index (χ2n) is 2.00. The van der Waals surface area contributed by atoms with E-state index in [4.69, 9.17) is 0 Å². The molecule has 0 radical (unpaired) electrons. The van der Waals surface area contributed by atoms with Crippen LogP contribution in [0.3, 0.4) is 0 Å². The zero-order valence-electron chi connectivity index (χ0n) is 6.69. The summed E-state index contributed by atoms with van der Waals surface area (Å²) in [5.74, 6) is 0. The van der Waals surface area contributed by atoms with Gasteiger partial charge >= 0.3 is 6.18 Å². The SMILES string of the molecule is C=C/C(CC(F)(F)F)=N/OCC. The van der Waals surface area contributed by atoms with Crippen LogP contribution in [0.25, 0.3) is 0 Å². The minimum atomic E-state index is -4.26. The fraction of sp³-hybridized carbons (Fsp3) is 0.571. The summed E-state index contributed by atoms with van der Waals surface area (Å²) >= 11 is 0. The fourth-order valence-corrected chi connectivity index (χ4v) is 0.495. The summed E-state index contributed by atoms with van der Waals surface area (Å²) in [6.45, 7) is 5.07. The molecule has 2 nitrogen and oxygen atoms in total. The molecule has 70 valence electrons. The molecule has 0 aromatic rings. The van der Waals surface area contributed by atoms with E-state index in [1.165, 1.54) is 0 Å². The van der Waals surface area contributed by atoms with Gasteiger partial charge in [0.15, 0.2) is 0 Å². The Balaban J connectivity index is 4.08. The van der Waals surface area contributed by atoms with E-state index >= 15 is 0 Å². The average Bonchev–Trinajstić information content (AvgIpc) is 1.95. The largest absolute Gasteiger partial charge is 0.396 e. The quantitative estimate of drug-likeness (QED) is 0.482. The van der Waals surface area contributed by atoms with Gasteiger partial charge in [-0.25, -0.2) is 0 Å². The van der Waals surface area contributed by atoms with Crippen molar-refractivity contribution in [3.8, 4) is 0 Å². The molecule has 0 aliphatic heterocycles. The first-order valence-corrected chi connectivity index (χ1v) is 3.37. The van der Waals surface area contributed by atoms with Crippen LogP contribution in [0.15, 0.2) is 17.8 Å². The highest BCUT2D eigenvalue weighted by atomic mass is 19.4. The van der Waals surface area contributed by atoms with Crippen molar-refractivity contribution in [2.45, 2.75) is 19.5 Å². The lowest BCUT2D eigenvalue weighted by Gasteiger charge is -2.04. The summed E-state index contributed by atoms with van der Waals surface area (Å²) < 4.78 is 35.2. The van der Waals surface area contributed by atoms with Gasteiger partial charge in [0.05, 0.1) is 12.1 Å². The van der Waals surface area contributed by atoms with E-state index in [1.54, 1.807) is 6.92 Å². The first kappa shape index (κ1) is 11.0. The molecule has 0 amide bonds. The molecule has 0 saturated carbocycles. The highest BCUT2D eigenvalue weighted by Crippen LogP contribution is 2.20. The summed E-state index contributed by atoms with van der Waals surface area (Å²) in [6, 6.07) is 0. The van der Waals surface area contributed by atoms with Crippen molar-refractivity contribution in [1.82, 2.24) is 0 Å². The van der Waals surface area contributed by atoms with Crippen LogP contribution in [0.1, 0.15) is 13.3 Å². The third-order valence-corrected chi connectivity index (χ3v) is 0.928. The molecule has 0 rings (SSSR count). The Kier molecular flexibility index (Phi) is 4.39. The summed E-state index contributed by atoms with van der Waals surface area (Å²) in [5.41, 5.74) is -0.204. The molecule has 5 heteroatoms. The van der Waals surface area contributed by atoms with Crippen LogP contribution < -0.4 is 0 Å². The fourth-order valence-electron chi connectivity index (χ4n) is 0.495. The predicted octanol–water partition coefficient (Wildman–Crippen LogP) is 2.52. The number of hydrogen-bond acceptors (Lipinski definition) is 2. The summed E-state index contributed by atoms with van der Waals surface area (Å²) in [7, 11) is 0. The van der Waals surface area contributed by atoms with Crippen molar-refractivity contribution in [2.24, 2.45) is 5.16 Å². The van der Waals surface area contributed by atoms with Crippen LogP contribution >= 0.6 is 0 Å². The van der Waals surface area contributed by atoms with Gasteiger partial charge in [-0.15, -0.1) is 0 Å². The number of rotatable bonds is 4. The Labute approximate surface area is 68.7 Å². The highest BCUT2D eigenvalue weighted by molar-refractivity contribution is 5.94. The second-order valence-corrected chi connectivity index (χ2v) is 2.00. The van der Waals surface area contributed by atoms with E-state index in [-0.39, 0.29) is 12.3 Å². The highest BCUT2D eigenvalue weighted by Gasteiger charge is 2.29. The number of oxime groups is 1. The van der Waals surface area contributed by atoms with E-state index in [1.807, 2.05) is 0 Å². The van der Waals surface area contributed by atoms with E-state index < -0.39 is 12.6 Å². The Bertz CT molecular complexity index is 174. The van der Waals surface area contributed by atoms with E-state index in [2.05, 4.69) is 16.6 Å². The molecular weight excluding hydrogens is 171 g/mol. The molecule has 0 bridgehead atoms. The Morgan fingerprint density at radius 2 is 2.17 bits per heavy atom. The molecule has 0 aliphatic rings. The lowest BCUT2D eigenvalue weighted by atomic mass is 10.2. The molecule has 0 aliphatic carbocycles. The molecule has 0 atom stereocenters. The maximum Gasteiger partial charge on any atom is 0.394 e. The van der Waals surface area contributed by atoms with Gasteiger partial charge in [0.25, 0.3) is 0 Å². The van der Waals surface area contributed by atoms with Gasteiger partial charge in [-0.05, 0) is 13.0 Å². The van der Waals surface area contributed by atoms with Gasteiger partial charge < -0.3 is 4.84 Å². The second kappa shape index (κ2) is 4.79. The predicted molar refractivity (Wildman–Crippen MR) is 39.9 cm³/mol. The van der Waals surface area contributed by atoms with Gasteiger partial charge in [0.1, 0.15) is 6.61 Å². The monoisotopic (exact) mass is 181 g/mol. The van der Waals surface area contributed by atoms with Crippen LogP contribution in [0.4, 0.5) is 13.2 Å². The summed E-state index contributed by atoms with van der Waals surface area (Å²) in [5, 5.41) is 3.22. The van der Waals surface area contributed by atoms with Gasteiger partial charge in [-0.2, -0.15) is 13.2 Å². The van der Waals surface area contributed by atoms with Crippen molar-refractivity contribution in [3.05, 3.63) is 12.7 Å². The smallest absolute Gasteiger partial charge is 0.394 e. The topological polar surface area (TPSA) is 21.6 Å². The normalized spacial score (nSPS) is 12.8. The minimum Gasteiger partial charge on any atom is -0.396 e. The Hall–Kier alpha value is -1.00. The van der Waals surface area contributed by atoms with Crippen LogP contribution in [-0.4, -0.2) is 18.5 Å². The molecule has 0 fully saturated rings. The third-order valence-electron chi connectivity index (χ3n) is 0.928. The third kappa shape index (κ3) is 5.76. The number of allylic oxidation sites excluding steroid dienone is 1. The van der Waals surface area contributed by atoms with Crippen LogP contribution in [0, 0.1) is 0 Å². The van der Waals surface area contributed by atoms with Crippen molar-refractivity contribution in [3.63, 3.8) is 0 Å². The van der Waals surface area contributed by atoms with Crippen molar-refractivity contribution in [1.29, 1.82) is 0 Å². The van der Waals surface area contributed by atoms with Crippen LogP contribution in [0.5, 0.6) is 0 Å². The number of nitrogens with zero attached hydrogens (tertiary/aromatic N) is 1. The van der Waals surface area contributed by atoms with Crippen LogP contribution in [-0.2, 0) is 4.84 Å². The first-order valence-electron chi connectivity index (χ1n) is 3.37. The maximum atomic E-state index is 11.7. The lowest BCUT2D eigenvalue weighted by Crippen LogP contribution is -2.13. The number of halogens is 3. The van der Waals surface area contributed by atoms with E-state index in [0.717, 1.165) is 6.08 Å². The van der Waals surface area contributed by atoms with E-state index in [9.17, 15) is 13.2 Å². The van der Waals surface area contributed by atoms with Gasteiger partial charge in [-0.3, -0.25) is 0 Å². The zero-order chi connectivity index (χ0) is 9.61. The van der Waals surface area contributed by atoms with Gasteiger partial charge in [0.2, 0.25) is 0 Å². The molecule has 0 aromatic heterocycles. The molecule has 12 heavy (non-hydrogen) atoms. The van der Waals surface area contributed by atoms with Crippen molar-refractivity contribution < 1.29 is 18.0 Å².